The van der Waals surface area contributed by atoms with E-state index in [-0.39, 0.29) is 11.6 Å². The van der Waals surface area contributed by atoms with Gasteiger partial charge >= 0.3 is 0 Å². The highest BCUT2D eigenvalue weighted by Gasteiger charge is 2.34. The van der Waals surface area contributed by atoms with Crippen LogP contribution in [0.1, 0.15) is 29.7 Å². The molecule has 0 atom stereocenters. The Morgan fingerprint density at radius 1 is 1.28 bits per heavy atom. The molecule has 3 rings (SSSR count). The van der Waals surface area contributed by atoms with Crippen LogP contribution in [0.3, 0.4) is 0 Å². The molecule has 2 N–H and O–H groups in total. The second kappa shape index (κ2) is 9.09. The van der Waals surface area contributed by atoms with Crippen molar-refractivity contribution in [1.29, 1.82) is 0 Å². The molecule has 29 heavy (non-hydrogen) atoms. The van der Waals surface area contributed by atoms with E-state index in [0.717, 1.165) is 28.3 Å². The van der Waals surface area contributed by atoms with E-state index in [4.69, 9.17) is 11.6 Å². The summed E-state index contributed by atoms with van der Waals surface area (Å²) in [6.07, 6.45) is 0.800. The molecule has 0 bridgehead atoms. The van der Waals surface area contributed by atoms with Gasteiger partial charge in [0.2, 0.25) is 0 Å². The maximum atomic E-state index is 15.2. The maximum Gasteiger partial charge on any atom is 0.141 e. The molecule has 0 aliphatic carbocycles. The number of hydrogen-bond donors (Lipinski definition) is 2. The van der Waals surface area contributed by atoms with Gasteiger partial charge in [-0.1, -0.05) is 24.2 Å². The predicted molar refractivity (Wildman–Crippen MR) is 115 cm³/mol. The van der Waals surface area contributed by atoms with E-state index in [1.807, 2.05) is 31.0 Å². The molecule has 0 spiro atoms. The smallest absolute Gasteiger partial charge is 0.141 e. The van der Waals surface area contributed by atoms with E-state index < -0.39 is 11.5 Å². The monoisotopic (exact) mass is 420 g/mol. The third-order valence-corrected chi connectivity index (χ3v) is 5.72. The minimum absolute atomic E-state index is 0.0656. The molecule has 7 heteroatoms. The average molecular weight is 421 g/mol. The summed E-state index contributed by atoms with van der Waals surface area (Å²) in [5, 5.41) is 6.33. The van der Waals surface area contributed by atoms with Crippen LogP contribution in [0.2, 0.25) is 5.02 Å². The van der Waals surface area contributed by atoms with Gasteiger partial charge in [0, 0.05) is 51.8 Å². The number of aromatic nitrogens is 1. The minimum atomic E-state index is -1.27. The lowest BCUT2D eigenvalue weighted by Gasteiger charge is -2.38. The first-order chi connectivity index (χ1) is 13.8. The molecule has 4 nitrogen and oxygen atoms in total. The molecule has 1 saturated heterocycles. The Kier molecular flexibility index (Phi) is 6.75. The lowest BCUT2D eigenvalue weighted by atomic mass is 9.92. The summed E-state index contributed by atoms with van der Waals surface area (Å²) in [6.45, 7) is 7.98. The Hall–Kier alpha value is -2.18. The van der Waals surface area contributed by atoms with Crippen molar-refractivity contribution < 1.29 is 8.78 Å². The molecular weight excluding hydrogens is 394 g/mol. The number of halogens is 3. The summed E-state index contributed by atoms with van der Waals surface area (Å²) in [7, 11) is 1.84. The number of alkyl halides is 1. The number of pyridine rings is 1. The fourth-order valence-corrected chi connectivity index (χ4v) is 3.73. The van der Waals surface area contributed by atoms with Gasteiger partial charge in [0.25, 0.3) is 0 Å². The lowest BCUT2D eigenvalue weighted by Crippen LogP contribution is -2.46. The number of rotatable bonds is 7. The van der Waals surface area contributed by atoms with Crippen LogP contribution >= 0.6 is 11.6 Å². The summed E-state index contributed by atoms with van der Waals surface area (Å²) in [6, 6.07) is 8.50. The second-order valence-corrected chi connectivity index (χ2v) is 7.94. The van der Waals surface area contributed by atoms with Gasteiger partial charge in [-0.05, 0) is 42.3 Å². The Morgan fingerprint density at radius 3 is 2.66 bits per heavy atom. The Morgan fingerprint density at radius 2 is 2.00 bits per heavy atom. The molecule has 0 amide bonds. The predicted octanol–water partition coefficient (Wildman–Crippen LogP) is 4.79. The van der Waals surface area contributed by atoms with Crippen molar-refractivity contribution in [1.82, 2.24) is 15.2 Å². The van der Waals surface area contributed by atoms with Crippen molar-refractivity contribution in [3.05, 3.63) is 64.6 Å². The summed E-state index contributed by atoms with van der Waals surface area (Å²) in [5.74, 6) is 0.382. The van der Waals surface area contributed by atoms with Crippen LogP contribution in [0.25, 0.3) is 5.70 Å². The topological polar surface area (TPSA) is 40.2 Å². The summed E-state index contributed by atoms with van der Waals surface area (Å²) in [5.41, 5.74) is 2.18. The molecule has 2 heterocycles. The molecule has 0 saturated carbocycles. The van der Waals surface area contributed by atoms with Crippen molar-refractivity contribution in [2.75, 3.05) is 32.0 Å². The average Bonchev–Trinajstić information content (AvgIpc) is 2.71. The molecule has 2 aromatic rings. The van der Waals surface area contributed by atoms with Gasteiger partial charge < -0.3 is 15.5 Å². The maximum absolute atomic E-state index is 15.2. The molecule has 1 aromatic carbocycles. The molecule has 1 aromatic heterocycles. The fourth-order valence-electron chi connectivity index (χ4n) is 3.55. The van der Waals surface area contributed by atoms with Crippen molar-refractivity contribution in [3.63, 3.8) is 0 Å². The normalized spacial score (nSPS) is 16.0. The minimum Gasteiger partial charge on any atom is -0.373 e. The highest BCUT2D eigenvalue weighted by Crippen LogP contribution is 2.31. The van der Waals surface area contributed by atoms with E-state index in [1.165, 1.54) is 6.07 Å². The molecule has 1 fully saturated rings. The Bertz CT molecular complexity index is 879. The fraction of sp³-hybridized carbons (Fsp3) is 0.409. The van der Waals surface area contributed by atoms with E-state index in [1.54, 1.807) is 12.1 Å². The van der Waals surface area contributed by atoms with Gasteiger partial charge in [0.05, 0.1) is 10.7 Å². The third kappa shape index (κ3) is 5.25. The number of hydrogen-bond acceptors (Lipinski definition) is 4. The standard InChI is InChI=1S/C22H27ClF2N4/c1-15-4-6-18(28-21(15)26-3)13-27-14-22(25)8-10-29(11-9-22)16(2)17-5-7-20(24)19(23)12-17/h4-7,12,27H,2,8-11,13-14H2,1,3H3,(H,26,28). The quantitative estimate of drug-likeness (QED) is 0.675. The largest absolute Gasteiger partial charge is 0.373 e. The zero-order valence-corrected chi connectivity index (χ0v) is 17.6. The number of nitrogens with one attached hydrogen (secondary N) is 2. The van der Waals surface area contributed by atoms with Crippen molar-refractivity contribution >= 4 is 23.1 Å². The van der Waals surface area contributed by atoms with E-state index in [0.29, 0.717) is 32.5 Å². The van der Waals surface area contributed by atoms with Gasteiger partial charge in [-0.2, -0.15) is 0 Å². The number of aryl methyl sites for hydroxylation is 1. The number of nitrogens with zero attached hydrogens (tertiary/aromatic N) is 2. The highest BCUT2D eigenvalue weighted by molar-refractivity contribution is 6.30. The highest BCUT2D eigenvalue weighted by atomic mass is 35.5. The first-order valence-corrected chi connectivity index (χ1v) is 10.1. The molecule has 1 aliphatic heterocycles. The molecule has 0 unspecified atom stereocenters. The van der Waals surface area contributed by atoms with Gasteiger partial charge in [-0.15, -0.1) is 0 Å². The van der Waals surface area contributed by atoms with Crippen LogP contribution in [-0.4, -0.2) is 42.2 Å². The van der Waals surface area contributed by atoms with Crippen LogP contribution in [0.4, 0.5) is 14.6 Å². The van der Waals surface area contributed by atoms with Crippen molar-refractivity contribution in [2.24, 2.45) is 0 Å². The van der Waals surface area contributed by atoms with Crippen molar-refractivity contribution in [2.45, 2.75) is 32.0 Å². The van der Waals surface area contributed by atoms with Gasteiger partial charge in [-0.25, -0.2) is 13.8 Å². The van der Waals surface area contributed by atoms with Crippen LogP contribution in [0, 0.1) is 12.7 Å². The van der Waals surface area contributed by atoms with E-state index >= 15 is 4.39 Å². The molecule has 1 aliphatic rings. The van der Waals surface area contributed by atoms with Gasteiger partial charge in [0.15, 0.2) is 0 Å². The number of benzene rings is 1. The summed E-state index contributed by atoms with van der Waals surface area (Å²) >= 11 is 5.87. The summed E-state index contributed by atoms with van der Waals surface area (Å²) in [4.78, 5) is 6.55. The van der Waals surface area contributed by atoms with Gasteiger partial charge in [0.1, 0.15) is 17.3 Å². The van der Waals surface area contributed by atoms with Gasteiger partial charge in [-0.3, -0.25) is 0 Å². The van der Waals surface area contributed by atoms with Crippen LogP contribution in [-0.2, 0) is 6.54 Å². The number of anilines is 1. The Labute approximate surface area is 176 Å². The zero-order valence-electron chi connectivity index (χ0n) is 16.9. The van der Waals surface area contributed by atoms with Crippen LogP contribution in [0.15, 0.2) is 36.9 Å². The molecular formula is C22H27ClF2N4. The zero-order chi connectivity index (χ0) is 21.0. The second-order valence-electron chi connectivity index (χ2n) is 7.54. The Balaban J connectivity index is 1.51. The lowest BCUT2D eigenvalue weighted by molar-refractivity contribution is 0.0801. The third-order valence-electron chi connectivity index (χ3n) is 5.43. The van der Waals surface area contributed by atoms with Crippen LogP contribution < -0.4 is 10.6 Å². The summed E-state index contributed by atoms with van der Waals surface area (Å²) < 4.78 is 28.6. The number of likely N-dealkylation sites (tertiary alicyclic amines) is 1. The molecule has 156 valence electrons. The number of piperidine rings is 1. The first kappa shape index (κ1) is 21.5. The van der Waals surface area contributed by atoms with E-state index in [9.17, 15) is 4.39 Å². The molecule has 0 radical (unpaired) electrons. The first-order valence-electron chi connectivity index (χ1n) is 9.74. The van der Waals surface area contributed by atoms with E-state index in [2.05, 4.69) is 22.2 Å². The van der Waals surface area contributed by atoms with Crippen molar-refractivity contribution in [3.8, 4) is 0 Å². The van der Waals surface area contributed by atoms with Crippen LogP contribution in [0.5, 0.6) is 0 Å². The SMILES string of the molecule is C=C(c1ccc(F)c(Cl)c1)N1CCC(F)(CNCc2ccc(C)c(NC)n2)CC1.